The van der Waals surface area contributed by atoms with Crippen LogP contribution in [-0.4, -0.2) is 37.6 Å². The van der Waals surface area contributed by atoms with Gasteiger partial charge in [0.25, 0.3) is 0 Å². The fraction of sp³-hybridized carbons (Fsp3) is 0.909. The Hall–Kier alpha value is -0.220. The average molecular weight is 230 g/mol. The van der Waals surface area contributed by atoms with Gasteiger partial charge in [0, 0.05) is 6.54 Å². The van der Waals surface area contributed by atoms with Gasteiger partial charge in [-0.2, -0.15) is 11.8 Å². The summed E-state index contributed by atoms with van der Waals surface area (Å²) in [7, 11) is 0. The molecule has 3 nitrogen and oxygen atoms in total. The molecular formula is C11H22N2OS. The van der Waals surface area contributed by atoms with Crippen molar-refractivity contribution in [2.45, 2.75) is 19.8 Å². The fourth-order valence-electron chi connectivity index (χ4n) is 1.42. The molecule has 0 heterocycles. The maximum atomic E-state index is 11.3. The van der Waals surface area contributed by atoms with Gasteiger partial charge in [-0.25, -0.2) is 0 Å². The molecule has 0 aromatic heterocycles. The molecule has 1 saturated carbocycles. The van der Waals surface area contributed by atoms with Gasteiger partial charge in [0.05, 0.1) is 6.54 Å². The van der Waals surface area contributed by atoms with E-state index in [2.05, 4.69) is 23.8 Å². The third-order valence-corrected chi connectivity index (χ3v) is 3.42. The molecule has 0 saturated heterocycles. The summed E-state index contributed by atoms with van der Waals surface area (Å²) in [5.74, 6) is 2.69. The van der Waals surface area contributed by atoms with E-state index in [4.69, 9.17) is 0 Å². The Balaban J connectivity index is 1.91. The minimum absolute atomic E-state index is 0.137. The highest BCUT2D eigenvalue weighted by Crippen LogP contribution is 2.27. The molecule has 1 fully saturated rings. The molecule has 1 atom stereocenters. The fourth-order valence-corrected chi connectivity index (χ4v) is 2.11. The summed E-state index contributed by atoms with van der Waals surface area (Å²) in [6.45, 7) is 4.47. The first-order chi connectivity index (χ1) is 7.22. The van der Waals surface area contributed by atoms with Crippen molar-refractivity contribution in [1.82, 2.24) is 10.6 Å². The summed E-state index contributed by atoms with van der Waals surface area (Å²) in [6, 6.07) is 0. The van der Waals surface area contributed by atoms with Crippen molar-refractivity contribution in [2.75, 3.05) is 31.6 Å². The smallest absolute Gasteiger partial charge is 0.233 e. The lowest BCUT2D eigenvalue weighted by molar-refractivity contribution is -0.120. The quantitative estimate of drug-likeness (QED) is 0.656. The van der Waals surface area contributed by atoms with Crippen LogP contribution in [0.5, 0.6) is 0 Å². The summed E-state index contributed by atoms with van der Waals surface area (Å²) >= 11 is 1.85. The number of amides is 1. The van der Waals surface area contributed by atoms with Gasteiger partial charge in [0.2, 0.25) is 5.91 Å². The minimum atomic E-state index is 0.137. The van der Waals surface area contributed by atoms with Crippen LogP contribution in [0.1, 0.15) is 19.8 Å². The molecule has 0 bridgehead atoms. The third-order valence-electron chi connectivity index (χ3n) is 2.51. The number of carbonyl (C=O) groups excluding carboxylic acids is 1. The first-order valence-corrected chi connectivity index (χ1v) is 7.08. The number of hydrogen-bond acceptors (Lipinski definition) is 3. The summed E-state index contributed by atoms with van der Waals surface area (Å²) in [6.07, 6.45) is 4.69. The van der Waals surface area contributed by atoms with Gasteiger partial charge in [-0.3, -0.25) is 4.79 Å². The zero-order chi connectivity index (χ0) is 11.1. The number of rotatable bonds is 8. The largest absolute Gasteiger partial charge is 0.355 e. The molecule has 2 N–H and O–H groups in total. The Morgan fingerprint density at radius 1 is 1.53 bits per heavy atom. The molecule has 0 radical (unpaired) electrons. The maximum absolute atomic E-state index is 11.3. The monoisotopic (exact) mass is 230 g/mol. The molecule has 1 aliphatic rings. The molecule has 4 heteroatoms. The van der Waals surface area contributed by atoms with Gasteiger partial charge >= 0.3 is 0 Å². The molecule has 0 spiro atoms. The van der Waals surface area contributed by atoms with Crippen molar-refractivity contribution >= 4 is 17.7 Å². The van der Waals surface area contributed by atoms with Crippen LogP contribution >= 0.6 is 11.8 Å². The maximum Gasteiger partial charge on any atom is 0.233 e. The molecule has 1 aliphatic carbocycles. The Kier molecular flexibility index (Phi) is 6.10. The molecule has 15 heavy (non-hydrogen) atoms. The highest BCUT2D eigenvalue weighted by atomic mass is 32.2. The highest BCUT2D eigenvalue weighted by Gasteiger charge is 2.21. The van der Waals surface area contributed by atoms with Crippen LogP contribution in [0.25, 0.3) is 0 Å². The molecule has 1 unspecified atom stereocenters. The van der Waals surface area contributed by atoms with Crippen LogP contribution in [0.3, 0.4) is 0 Å². The van der Waals surface area contributed by atoms with Crippen molar-refractivity contribution in [3.05, 3.63) is 0 Å². The Morgan fingerprint density at radius 3 is 2.87 bits per heavy atom. The van der Waals surface area contributed by atoms with Crippen molar-refractivity contribution in [3.63, 3.8) is 0 Å². The highest BCUT2D eigenvalue weighted by molar-refractivity contribution is 7.98. The van der Waals surface area contributed by atoms with Gasteiger partial charge in [0.1, 0.15) is 0 Å². The van der Waals surface area contributed by atoms with E-state index in [0.717, 1.165) is 24.8 Å². The van der Waals surface area contributed by atoms with Crippen molar-refractivity contribution < 1.29 is 4.79 Å². The van der Waals surface area contributed by atoms with Crippen LogP contribution in [-0.2, 0) is 4.79 Å². The van der Waals surface area contributed by atoms with E-state index in [1.807, 2.05) is 11.8 Å². The van der Waals surface area contributed by atoms with Gasteiger partial charge in [0.15, 0.2) is 0 Å². The Bertz CT molecular complexity index is 195. The summed E-state index contributed by atoms with van der Waals surface area (Å²) in [5.41, 5.74) is 0. The van der Waals surface area contributed by atoms with Crippen LogP contribution in [0.15, 0.2) is 0 Å². The Morgan fingerprint density at radius 2 is 2.27 bits per heavy atom. The topological polar surface area (TPSA) is 41.1 Å². The summed E-state index contributed by atoms with van der Waals surface area (Å²) < 4.78 is 0. The van der Waals surface area contributed by atoms with E-state index in [1.54, 1.807) is 0 Å². The van der Waals surface area contributed by atoms with Gasteiger partial charge in [-0.1, -0.05) is 6.92 Å². The van der Waals surface area contributed by atoms with Gasteiger partial charge in [-0.05, 0) is 43.2 Å². The number of nitrogens with one attached hydrogen (secondary N) is 2. The SMILES string of the molecule is CSCC(C)CNCC(=O)NCC1CC1. The lowest BCUT2D eigenvalue weighted by Gasteiger charge is -2.10. The molecular weight excluding hydrogens is 208 g/mol. The van der Waals surface area contributed by atoms with E-state index in [9.17, 15) is 4.79 Å². The first kappa shape index (κ1) is 12.8. The molecule has 0 aromatic carbocycles. The van der Waals surface area contributed by atoms with E-state index < -0.39 is 0 Å². The zero-order valence-corrected chi connectivity index (χ0v) is 10.5. The second-order valence-corrected chi connectivity index (χ2v) is 5.35. The molecule has 1 rings (SSSR count). The van der Waals surface area contributed by atoms with E-state index in [-0.39, 0.29) is 5.91 Å². The van der Waals surface area contributed by atoms with Crippen LogP contribution < -0.4 is 10.6 Å². The normalized spacial score (nSPS) is 17.5. The van der Waals surface area contributed by atoms with Crippen molar-refractivity contribution in [2.24, 2.45) is 11.8 Å². The lowest BCUT2D eigenvalue weighted by Crippen LogP contribution is -2.36. The Labute approximate surface area is 96.8 Å². The van der Waals surface area contributed by atoms with Crippen LogP contribution in [0.4, 0.5) is 0 Å². The van der Waals surface area contributed by atoms with E-state index in [0.29, 0.717) is 12.5 Å². The number of thioether (sulfide) groups is 1. The second kappa shape index (κ2) is 7.12. The first-order valence-electron chi connectivity index (χ1n) is 5.68. The van der Waals surface area contributed by atoms with Crippen molar-refractivity contribution in [1.29, 1.82) is 0 Å². The summed E-state index contributed by atoms with van der Waals surface area (Å²) in [5, 5.41) is 6.13. The summed E-state index contributed by atoms with van der Waals surface area (Å²) in [4.78, 5) is 11.3. The zero-order valence-electron chi connectivity index (χ0n) is 9.71. The average Bonchev–Trinajstić information content (AvgIpc) is 2.98. The predicted molar refractivity (Wildman–Crippen MR) is 66.1 cm³/mol. The van der Waals surface area contributed by atoms with E-state index >= 15 is 0 Å². The van der Waals surface area contributed by atoms with Gasteiger partial charge < -0.3 is 10.6 Å². The minimum Gasteiger partial charge on any atom is -0.355 e. The lowest BCUT2D eigenvalue weighted by atomic mass is 10.2. The number of carbonyl (C=O) groups is 1. The van der Waals surface area contributed by atoms with Crippen LogP contribution in [0.2, 0.25) is 0 Å². The molecule has 88 valence electrons. The van der Waals surface area contributed by atoms with Gasteiger partial charge in [-0.15, -0.1) is 0 Å². The number of hydrogen-bond donors (Lipinski definition) is 2. The third kappa shape index (κ3) is 6.79. The molecule has 0 aromatic rings. The molecule has 1 amide bonds. The van der Waals surface area contributed by atoms with Crippen LogP contribution in [0, 0.1) is 11.8 Å². The standard InChI is InChI=1S/C11H22N2OS/c1-9(8-15-2)5-12-7-11(14)13-6-10-3-4-10/h9-10,12H,3-8H2,1-2H3,(H,13,14). The van der Waals surface area contributed by atoms with Crippen molar-refractivity contribution in [3.8, 4) is 0 Å². The second-order valence-electron chi connectivity index (χ2n) is 4.44. The predicted octanol–water partition coefficient (Wildman–Crippen LogP) is 1.10. The van der Waals surface area contributed by atoms with E-state index in [1.165, 1.54) is 12.8 Å². The molecule has 0 aliphatic heterocycles.